The van der Waals surface area contributed by atoms with E-state index in [1.807, 2.05) is 25.1 Å². The van der Waals surface area contributed by atoms with Crippen LogP contribution in [0.4, 0.5) is 0 Å². The van der Waals surface area contributed by atoms with Crippen LogP contribution in [-0.2, 0) is 9.53 Å². The van der Waals surface area contributed by atoms with E-state index in [0.717, 1.165) is 12.1 Å². The highest BCUT2D eigenvalue weighted by Crippen LogP contribution is 2.29. The minimum atomic E-state index is -0.100. The summed E-state index contributed by atoms with van der Waals surface area (Å²) in [6, 6.07) is 5.64. The molecule has 6 heteroatoms. The van der Waals surface area contributed by atoms with Gasteiger partial charge in [0.1, 0.15) is 0 Å². The fraction of sp³-hybridized carbons (Fsp3) is 0.562. The highest BCUT2D eigenvalue weighted by Gasteiger charge is 2.19. The average molecular weight is 308 g/mol. The third kappa shape index (κ3) is 4.35. The lowest BCUT2D eigenvalue weighted by molar-refractivity contribution is -0.122. The van der Waals surface area contributed by atoms with Crippen LogP contribution in [0.5, 0.6) is 11.5 Å². The first-order valence-corrected chi connectivity index (χ1v) is 7.46. The molecule has 1 aliphatic heterocycles. The van der Waals surface area contributed by atoms with E-state index in [-0.39, 0.29) is 18.0 Å². The number of rotatable bonds is 6. The van der Waals surface area contributed by atoms with Gasteiger partial charge in [0, 0.05) is 19.0 Å². The van der Waals surface area contributed by atoms with Crippen LogP contribution in [0.3, 0.4) is 0 Å². The number of morpholine rings is 1. The van der Waals surface area contributed by atoms with Gasteiger partial charge in [-0.25, -0.2) is 0 Å². The lowest BCUT2D eigenvalue weighted by Gasteiger charge is -2.24. The van der Waals surface area contributed by atoms with E-state index < -0.39 is 0 Å². The molecular formula is C16H24N2O4. The van der Waals surface area contributed by atoms with Crippen LogP contribution in [0.15, 0.2) is 18.2 Å². The molecule has 1 saturated heterocycles. The smallest absolute Gasteiger partial charge is 0.222 e. The van der Waals surface area contributed by atoms with E-state index in [0.29, 0.717) is 31.1 Å². The van der Waals surface area contributed by atoms with Crippen LogP contribution in [0, 0.1) is 0 Å². The molecule has 0 bridgehead atoms. The summed E-state index contributed by atoms with van der Waals surface area (Å²) in [6.07, 6.45) is 0.414. The molecule has 1 aromatic rings. The Bertz CT molecular complexity index is 501. The second kappa shape index (κ2) is 8.00. The maximum absolute atomic E-state index is 12.1. The van der Waals surface area contributed by atoms with Gasteiger partial charge in [0.2, 0.25) is 5.91 Å². The van der Waals surface area contributed by atoms with Gasteiger partial charge in [0.25, 0.3) is 0 Å². The van der Waals surface area contributed by atoms with E-state index in [9.17, 15) is 4.79 Å². The third-order valence-corrected chi connectivity index (χ3v) is 3.72. The number of amides is 1. The zero-order valence-electron chi connectivity index (χ0n) is 13.3. The van der Waals surface area contributed by atoms with Crippen molar-refractivity contribution in [1.29, 1.82) is 0 Å². The number of benzene rings is 1. The first-order chi connectivity index (χ1) is 10.6. The summed E-state index contributed by atoms with van der Waals surface area (Å²) in [5, 5.41) is 6.28. The van der Waals surface area contributed by atoms with Gasteiger partial charge in [0.15, 0.2) is 11.5 Å². The van der Waals surface area contributed by atoms with E-state index in [1.54, 1.807) is 14.2 Å². The molecule has 2 rings (SSSR count). The standard InChI is InChI=1S/C16H24N2O4/c1-11(12-4-5-14(20-2)15(8-12)21-3)18-16(19)9-13-10-22-7-6-17-13/h4-5,8,11,13,17H,6-7,9-10H2,1-3H3,(H,18,19). The summed E-state index contributed by atoms with van der Waals surface area (Å²) < 4.78 is 15.9. The van der Waals surface area contributed by atoms with Crippen LogP contribution in [0.2, 0.25) is 0 Å². The fourth-order valence-corrected chi connectivity index (χ4v) is 2.48. The molecule has 0 aromatic heterocycles. The Morgan fingerprint density at radius 2 is 2.18 bits per heavy atom. The average Bonchev–Trinajstić information content (AvgIpc) is 2.54. The summed E-state index contributed by atoms with van der Waals surface area (Å²) in [6.45, 7) is 4.03. The van der Waals surface area contributed by atoms with Crippen molar-refractivity contribution in [2.24, 2.45) is 0 Å². The largest absolute Gasteiger partial charge is 0.493 e. The molecule has 2 N–H and O–H groups in total. The molecule has 2 atom stereocenters. The molecule has 1 amide bonds. The topological polar surface area (TPSA) is 68.8 Å². The molecule has 0 aliphatic carbocycles. The Labute approximate surface area is 131 Å². The third-order valence-electron chi connectivity index (χ3n) is 3.72. The monoisotopic (exact) mass is 308 g/mol. The van der Waals surface area contributed by atoms with Crippen molar-refractivity contribution < 1.29 is 19.0 Å². The SMILES string of the molecule is COc1ccc(C(C)NC(=O)CC2COCCN2)cc1OC. The highest BCUT2D eigenvalue weighted by atomic mass is 16.5. The van der Waals surface area contributed by atoms with Crippen molar-refractivity contribution in [3.63, 3.8) is 0 Å². The number of hydrogen-bond donors (Lipinski definition) is 2. The zero-order chi connectivity index (χ0) is 15.9. The van der Waals surface area contributed by atoms with Crippen molar-refractivity contribution >= 4 is 5.91 Å². The predicted octanol–water partition coefficient (Wildman–Crippen LogP) is 1.26. The van der Waals surface area contributed by atoms with Crippen molar-refractivity contribution in [3.05, 3.63) is 23.8 Å². The number of carbonyl (C=O) groups excluding carboxylic acids is 1. The van der Waals surface area contributed by atoms with Crippen LogP contribution >= 0.6 is 0 Å². The number of hydrogen-bond acceptors (Lipinski definition) is 5. The van der Waals surface area contributed by atoms with Crippen LogP contribution < -0.4 is 20.1 Å². The Kier molecular flexibility index (Phi) is 6.03. The van der Waals surface area contributed by atoms with Gasteiger partial charge >= 0.3 is 0 Å². The van der Waals surface area contributed by atoms with Crippen LogP contribution in [0.25, 0.3) is 0 Å². The molecule has 2 unspecified atom stereocenters. The quantitative estimate of drug-likeness (QED) is 0.828. The van der Waals surface area contributed by atoms with Gasteiger partial charge in [-0.15, -0.1) is 0 Å². The zero-order valence-corrected chi connectivity index (χ0v) is 13.3. The molecule has 0 saturated carbocycles. The Balaban J connectivity index is 1.93. The Morgan fingerprint density at radius 3 is 2.82 bits per heavy atom. The van der Waals surface area contributed by atoms with Crippen molar-refractivity contribution in [1.82, 2.24) is 10.6 Å². The number of ether oxygens (including phenoxy) is 3. The van der Waals surface area contributed by atoms with Gasteiger partial charge in [0.05, 0.1) is 33.5 Å². The molecule has 22 heavy (non-hydrogen) atoms. The second-order valence-corrected chi connectivity index (χ2v) is 5.33. The molecular weight excluding hydrogens is 284 g/mol. The van der Waals surface area contributed by atoms with Gasteiger partial charge < -0.3 is 24.8 Å². The number of carbonyl (C=O) groups is 1. The lowest BCUT2D eigenvalue weighted by atomic mass is 10.1. The minimum absolute atomic E-state index is 0.00489. The molecule has 0 spiro atoms. The summed E-state index contributed by atoms with van der Waals surface area (Å²) in [4.78, 5) is 12.1. The summed E-state index contributed by atoms with van der Waals surface area (Å²) in [7, 11) is 3.20. The molecule has 0 radical (unpaired) electrons. The van der Waals surface area contributed by atoms with Crippen molar-refractivity contribution in [2.75, 3.05) is 34.0 Å². The van der Waals surface area contributed by atoms with Gasteiger partial charge in [-0.05, 0) is 24.6 Å². The summed E-state index contributed by atoms with van der Waals surface area (Å²) in [5.41, 5.74) is 0.971. The van der Waals surface area contributed by atoms with E-state index in [2.05, 4.69) is 10.6 Å². The van der Waals surface area contributed by atoms with Crippen molar-refractivity contribution in [2.45, 2.75) is 25.4 Å². The van der Waals surface area contributed by atoms with E-state index >= 15 is 0 Å². The van der Waals surface area contributed by atoms with Crippen LogP contribution in [-0.4, -0.2) is 45.9 Å². The number of nitrogens with one attached hydrogen (secondary N) is 2. The molecule has 6 nitrogen and oxygen atoms in total. The molecule has 1 aliphatic rings. The highest BCUT2D eigenvalue weighted by molar-refractivity contribution is 5.77. The lowest BCUT2D eigenvalue weighted by Crippen LogP contribution is -2.44. The predicted molar refractivity (Wildman–Crippen MR) is 83.3 cm³/mol. The Hall–Kier alpha value is -1.79. The van der Waals surface area contributed by atoms with Crippen molar-refractivity contribution in [3.8, 4) is 11.5 Å². The first-order valence-electron chi connectivity index (χ1n) is 7.46. The summed E-state index contributed by atoms with van der Waals surface area (Å²) >= 11 is 0. The maximum atomic E-state index is 12.1. The molecule has 1 heterocycles. The van der Waals surface area contributed by atoms with E-state index in [1.165, 1.54) is 0 Å². The molecule has 122 valence electrons. The first kappa shape index (κ1) is 16.6. The minimum Gasteiger partial charge on any atom is -0.493 e. The molecule has 1 aromatic carbocycles. The van der Waals surface area contributed by atoms with Gasteiger partial charge in [-0.1, -0.05) is 6.07 Å². The molecule has 1 fully saturated rings. The second-order valence-electron chi connectivity index (χ2n) is 5.33. The summed E-state index contributed by atoms with van der Waals surface area (Å²) in [5.74, 6) is 1.34. The van der Waals surface area contributed by atoms with Gasteiger partial charge in [-0.2, -0.15) is 0 Å². The van der Waals surface area contributed by atoms with E-state index in [4.69, 9.17) is 14.2 Å². The maximum Gasteiger partial charge on any atom is 0.222 e. The fourth-order valence-electron chi connectivity index (χ4n) is 2.48. The Morgan fingerprint density at radius 1 is 1.41 bits per heavy atom. The number of methoxy groups -OCH3 is 2. The normalized spacial score (nSPS) is 19.3. The van der Waals surface area contributed by atoms with Gasteiger partial charge in [-0.3, -0.25) is 4.79 Å². The van der Waals surface area contributed by atoms with Crippen LogP contribution in [0.1, 0.15) is 24.9 Å².